The third-order valence-electron chi connectivity index (χ3n) is 6.17. The summed E-state index contributed by atoms with van der Waals surface area (Å²) in [4.78, 5) is 7.14. The zero-order valence-corrected chi connectivity index (χ0v) is 19.3. The van der Waals surface area contributed by atoms with Crippen molar-refractivity contribution in [1.82, 2.24) is 18.8 Å². The van der Waals surface area contributed by atoms with Gasteiger partial charge in [0.2, 0.25) is 0 Å². The molecule has 1 aromatic carbocycles. The highest BCUT2D eigenvalue weighted by molar-refractivity contribution is 7.05. The van der Waals surface area contributed by atoms with E-state index in [0.717, 1.165) is 41.8 Å². The van der Waals surface area contributed by atoms with Gasteiger partial charge in [0, 0.05) is 36.3 Å². The fraction of sp³-hybridized carbons (Fsp3) is 0.565. The zero-order chi connectivity index (χ0) is 21.1. The van der Waals surface area contributed by atoms with E-state index in [2.05, 4.69) is 41.6 Å². The molecule has 2 aromatic heterocycles. The monoisotopic (exact) mass is 428 g/mol. The molecule has 1 aliphatic rings. The minimum Gasteiger partial charge on any atom is -0.495 e. The van der Waals surface area contributed by atoms with Gasteiger partial charge in [-0.25, -0.2) is 4.98 Å². The molecule has 0 bridgehead atoms. The number of methoxy groups -OCH3 is 2. The number of likely N-dealkylation sites (N-methyl/N-ethyl adjacent to an activating group) is 1. The molecule has 0 radical (unpaired) electrons. The predicted octanol–water partition coefficient (Wildman–Crippen LogP) is 5.06. The fourth-order valence-corrected chi connectivity index (χ4v) is 5.41. The summed E-state index contributed by atoms with van der Waals surface area (Å²) in [5.41, 5.74) is 3.59. The smallest absolute Gasteiger partial charge is 0.175 e. The molecule has 2 heterocycles. The topological polar surface area (TPSA) is 52.4 Å². The molecular formula is C23H32N4O2S. The van der Waals surface area contributed by atoms with E-state index < -0.39 is 0 Å². The average molecular weight is 429 g/mol. The Kier molecular flexibility index (Phi) is 6.71. The summed E-state index contributed by atoms with van der Waals surface area (Å²) in [7, 11) is 5.58. The van der Waals surface area contributed by atoms with Gasteiger partial charge >= 0.3 is 0 Å². The van der Waals surface area contributed by atoms with Crippen molar-refractivity contribution in [3.63, 3.8) is 0 Å². The molecule has 6 nitrogen and oxygen atoms in total. The number of hydrogen-bond donors (Lipinski definition) is 0. The van der Waals surface area contributed by atoms with Crippen LogP contribution in [0.4, 0.5) is 0 Å². The maximum Gasteiger partial charge on any atom is 0.175 e. The second-order valence-electron chi connectivity index (χ2n) is 8.22. The van der Waals surface area contributed by atoms with E-state index in [9.17, 15) is 0 Å². The third kappa shape index (κ3) is 4.11. The maximum absolute atomic E-state index is 5.78. The Labute approximate surface area is 183 Å². The van der Waals surface area contributed by atoms with Crippen LogP contribution >= 0.6 is 11.5 Å². The van der Waals surface area contributed by atoms with Gasteiger partial charge in [0.25, 0.3) is 0 Å². The summed E-state index contributed by atoms with van der Waals surface area (Å²) in [6.45, 7) is 4.60. The quantitative estimate of drug-likeness (QED) is 0.502. The first-order chi connectivity index (χ1) is 14.6. The second-order valence-corrected chi connectivity index (χ2v) is 9.06. The van der Waals surface area contributed by atoms with E-state index in [-0.39, 0.29) is 0 Å². The first-order valence-corrected chi connectivity index (χ1v) is 11.6. The van der Waals surface area contributed by atoms with Crippen LogP contribution < -0.4 is 4.74 Å². The molecule has 0 unspecified atom stereocenters. The summed E-state index contributed by atoms with van der Waals surface area (Å²) in [6.07, 6.45) is 6.37. The van der Waals surface area contributed by atoms with E-state index in [1.165, 1.54) is 60.2 Å². The van der Waals surface area contributed by atoms with E-state index >= 15 is 0 Å². The zero-order valence-electron chi connectivity index (χ0n) is 18.5. The van der Waals surface area contributed by atoms with Crippen LogP contribution in [0.3, 0.4) is 0 Å². The predicted molar refractivity (Wildman–Crippen MR) is 122 cm³/mol. The van der Waals surface area contributed by atoms with Crippen LogP contribution in [0.25, 0.3) is 22.3 Å². The molecule has 1 fully saturated rings. The van der Waals surface area contributed by atoms with Crippen molar-refractivity contribution in [2.24, 2.45) is 0 Å². The van der Waals surface area contributed by atoms with Gasteiger partial charge in [-0.1, -0.05) is 31.4 Å². The van der Waals surface area contributed by atoms with Crippen LogP contribution in [0.2, 0.25) is 0 Å². The molecule has 7 heteroatoms. The molecular weight excluding hydrogens is 396 g/mol. The van der Waals surface area contributed by atoms with Crippen LogP contribution in [-0.2, 0) is 11.3 Å². The van der Waals surface area contributed by atoms with Gasteiger partial charge < -0.3 is 14.0 Å². The van der Waals surface area contributed by atoms with Crippen molar-refractivity contribution >= 4 is 22.4 Å². The van der Waals surface area contributed by atoms with Crippen molar-refractivity contribution in [1.29, 1.82) is 0 Å². The number of fused-ring (bicyclic) bond motifs is 1. The van der Waals surface area contributed by atoms with Crippen molar-refractivity contribution < 1.29 is 9.47 Å². The minimum absolute atomic E-state index is 0.518. The van der Waals surface area contributed by atoms with Crippen molar-refractivity contribution in [2.45, 2.75) is 51.6 Å². The summed E-state index contributed by atoms with van der Waals surface area (Å²) in [5.74, 6) is 1.77. The Hall–Kier alpha value is -1.96. The Morgan fingerprint density at radius 3 is 2.73 bits per heavy atom. The highest BCUT2D eigenvalue weighted by atomic mass is 32.1. The van der Waals surface area contributed by atoms with E-state index in [0.29, 0.717) is 6.04 Å². The van der Waals surface area contributed by atoms with Crippen LogP contribution in [0.1, 0.15) is 48.8 Å². The van der Waals surface area contributed by atoms with Crippen LogP contribution in [0.15, 0.2) is 18.2 Å². The fourth-order valence-electron chi connectivity index (χ4n) is 4.68. The van der Waals surface area contributed by atoms with Crippen molar-refractivity contribution in [3.05, 3.63) is 28.9 Å². The van der Waals surface area contributed by atoms with Crippen molar-refractivity contribution in [2.75, 3.05) is 34.4 Å². The second kappa shape index (κ2) is 9.45. The number of para-hydroxylation sites is 1. The van der Waals surface area contributed by atoms with Crippen LogP contribution in [0.5, 0.6) is 5.75 Å². The van der Waals surface area contributed by atoms with Gasteiger partial charge in [-0.3, -0.25) is 4.90 Å². The molecule has 30 heavy (non-hydrogen) atoms. The van der Waals surface area contributed by atoms with Crippen LogP contribution in [0, 0.1) is 6.92 Å². The highest BCUT2D eigenvalue weighted by Crippen LogP contribution is 2.42. The number of hydrogen-bond acceptors (Lipinski definition) is 6. The summed E-state index contributed by atoms with van der Waals surface area (Å²) in [5, 5.41) is 2.22. The van der Waals surface area contributed by atoms with E-state index in [1.807, 2.05) is 0 Å². The Morgan fingerprint density at radius 1 is 1.20 bits per heavy atom. The molecule has 0 N–H and O–H groups in total. The number of aromatic nitrogens is 3. The summed E-state index contributed by atoms with van der Waals surface area (Å²) in [6, 6.07) is 6.84. The lowest BCUT2D eigenvalue weighted by molar-refractivity contribution is 0.158. The van der Waals surface area contributed by atoms with Gasteiger partial charge in [-0.2, -0.15) is 4.37 Å². The Morgan fingerprint density at radius 2 is 2.00 bits per heavy atom. The van der Waals surface area contributed by atoms with Gasteiger partial charge in [0.1, 0.15) is 10.8 Å². The SMILES string of the molecule is COCCN(C)Cc1nc(-c2c(C)n(C3CCCCC3)c3c(OC)cccc23)ns1. The number of ether oxygens (including phenoxy) is 2. The molecule has 4 rings (SSSR count). The Balaban J connectivity index is 1.75. The largest absolute Gasteiger partial charge is 0.495 e. The molecule has 162 valence electrons. The number of nitrogens with zero attached hydrogens (tertiary/aromatic N) is 4. The first kappa shape index (κ1) is 21.3. The van der Waals surface area contributed by atoms with Gasteiger partial charge in [-0.05, 0) is 44.4 Å². The average Bonchev–Trinajstić information content (AvgIpc) is 3.33. The first-order valence-electron chi connectivity index (χ1n) is 10.8. The van der Waals surface area contributed by atoms with Gasteiger partial charge in [0.05, 0.1) is 25.8 Å². The maximum atomic E-state index is 5.78. The summed E-state index contributed by atoms with van der Waals surface area (Å²) < 4.78 is 18.2. The molecule has 0 spiro atoms. The lowest BCUT2D eigenvalue weighted by Gasteiger charge is -2.26. The standard InChI is InChI=1S/C23H32N4O2S/c1-16-21(23-24-20(30-25-23)15-26(2)13-14-28-3)18-11-8-12-19(29-4)22(18)27(16)17-9-6-5-7-10-17/h8,11-12,17H,5-7,9-10,13-15H2,1-4H3. The lowest BCUT2D eigenvalue weighted by atomic mass is 9.95. The normalized spacial score (nSPS) is 15.4. The Bertz CT molecular complexity index is 991. The minimum atomic E-state index is 0.518. The van der Waals surface area contributed by atoms with E-state index in [4.69, 9.17) is 18.8 Å². The molecule has 0 aliphatic heterocycles. The molecule has 3 aromatic rings. The summed E-state index contributed by atoms with van der Waals surface area (Å²) >= 11 is 1.49. The third-order valence-corrected chi connectivity index (χ3v) is 6.86. The molecule has 0 atom stereocenters. The number of rotatable bonds is 8. The molecule has 1 saturated carbocycles. The van der Waals surface area contributed by atoms with E-state index in [1.54, 1.807) is 14.2 Å². The van der Waals surface area contributed by atoms with Crippen LogP contribution in [-0.4, -0.2) is 53.2 Å². The van der Waals surface area contributed by atoms with Crippen molar-refractivity contribution in [3.8, 4) is 17.1 Å². The van der Waals surface area contributed by atoms with Gasteiger partial charge in [0.15, 0.2) is 5.82 Å². The molecule has 0 amide bonds. The molecule has 1 aliphatic carbocycles. The highest BCUT2D eigenvalue weighted by Gasteiger charge is 2.26. The number of benzene rings is 1. The van der Waals surface area contributed by atoms with Gasteiger partial charge in [-0.15, -0.1) is 0 Å². The lowest BCUT2D eigenvalue weighted by Crippen LogP contribution is -2.22. The molecule has 0 saturated heterocycles.